The van der Waals surface area contributed by atoms with Gasteiger partial charge in [-0.2, -0.15) is 0 Å². The summed E-state index contributed by atoms with van der Waals surface area (Å²) in [4.78, 5) is 10.6. The molecule has 5 heteroatoms. The highest BCUT2D eigenvalue weighted by atomic mass is 16.5. The van der Waals surface area contributed by atoms with Gasteiger partial charge in [-0.25, -0.2) is 0 Å². The van der Waals surface area contributed by atoms with Crippen LogP contribution in [0.3, 0.4) is 0 Å². The molecule has 0 saturated carbocycles. The second-order valence-corrected chi connectivity index (χ2v) is 3.34. The third-order valence-corrected chi connectivity index (χ3v) is 2.04. The summed E-state index contributed by atoms with van der Waals surface area (Å²) < 4.78 is 10.2. The van der Waals surface area contributed by atoms with Crippen molar-refractivity contribution in [3.8, 4) is 11.5 Å². The van der Waals surface area contributed by atoms with Crippen molar-refractivity contribution in [2.75, 3.05) is 13.7 Å². The second-order valence-electron chi connectivity index (χ2n) is 3.34. The molecule has 0 bridgehead atoms. The molecule has 1 atom stereocenters. The summed E-state index contributed by atoms with van der Waals surface area (Å²) in [5.74, 6) is 0.326. The van der Waals surface area contributed by atoms with Crippen LogP contribution >= 0.6 is 0 Å². The van der Waals surface area contributed by atoms with Crippen LogP contribution in [0.5, 0.6) is 11.5 Å². The lowest BCUT2D eigenvalue weighted by Gasteiger charge is -2.12. The van der Waals surface area contributed by atoms with Gasteiger partial charge in [0, 0.05) is 0 Å². The molecule has 0 aliphatic carbocycles. The first-order chi connectivity index (χ1) is 7.54. The number of rotatable bonds is 5. The highest BCUT2D eigenvalue weighted by molar-refractivity contribution is 5.75. The van der Waals surface area contributed by atoms with Gasteiger partial charge in [-0.3, -0.25) is 4.79 Å². The topological polar surface area (TPSA) is 81.8 Å². The van der Waals surface area contributed by atoms with E-state index in [0.29, 0.717) is 17.1 Å². The molecule has 1 unspecified atom stereocenters. The fourth-order valence-corrected chi connectivity index (χ4v) is 1.21. The number of benzene rings is 1. The monoisotopic (exact) mass is 225 g/mol. The van der Waals surface area contributed by atoms with E-state index in [9.17, 15) is 9.90 Å². The maximum Gasteiger partial charge on any atom is 0.255 e. The minimum Gasteiger partial charge on any atom is -0.493 e. The van der Waals surface area contributed by atoms with E-state index in [1.165, 1.54) is 7.11 Å². The van der Waals surface area contributed by atoms with E-state index in [1.54, 1.807) is 25.1 Å². The Hall–Kier alpha value is -1.75. The van der Waals surface area contributed by atoms with Crippen LogP contribution in [0.25, 0.3) is 0 Å². The minimum atomic E-state index is -0.584. The van der Waals surface area contributed by atoms with Gasteiger partial charge in [0.25, 0.3) is 5.91 Å². The van der Waals surface area contributed by atoms with Crippen molar-refractivity contribution >= 4 is 5.91 Å². The number of aliphatic hydroxyl groups excluding tert-OH is 1. The number of methoxy groups -OCH3 is 1. The van der Waals surface area contributed by atoms with Crippen molar-refractivity contribution < 1.29 is 19.4 Å². The van der Waals surface area contributed by atoms with E-state index >= 15 is 0 Å². The third kappa shape index (κ3) is 3.13. The van der Waals surface area contributed by atoms with Crippen LogP contribution in [-0.2, 0) is 4.79 Å². The zero-order valence-corrected chi connectivity index (χ0v) is 9.27. The Labute approximate surface area is 93.8 Å². The number of aliphatic hydroxyl groups is 1. The molecule has 1 aromatic carbocycles. The van der Waals surface area contributed by atoms with Crippen molar-refractivity contribution in [1.82, 2.24) is 0 Å². The largest absolute Gasteiger partial charge is 0.493 e. The number of nitrogens with two attached hydrogens (primary N) is 1. The van der Waals surface area contributed by atoms with Gasteiger partial charge in [-0.15, -0.1) is 0 Å². The lowest BCUT2D eigenvalue weighted by Crippen LogP contribution is -2.20. The summed E-state index contributed by atoms with van der Waals surface area (Å²) in [6.07, 6.45) is -0.584. The Balaban J connectivity index is 2.88. The third-order valence-electron chi connectivity index (χ3n) is 2.04. The summed E-state index contributed by atoms with van der Waals surface area (Å²) in [5, 5.41) is 9.38. The van der Waals surface area contributed by atoms with E-state index in [-0.39, 0.29) is 6.61 Å². The maximum atomic E-state index is 10.6. The molecule has 3 N–H and O–H groups in total. The lowest BCUT2D eigenvalue weighted by atomic mass is 10.1. The maximum absolute atomic E-state index is 10.6. The number of hydrogen-bond acceptors (Lipinski definition) is 4. The molecule has 0 saturated heterocycles. The molecule has 0 aliphatic heterocycles. The number of carbonyl (C=O) groups excluding carboxylic acids is 1. The van der Waals surface area contributed by atoms with Gasteiger partial charge in [0.1, 0.15) is 0 Å². The van der Waals surface area contributed by atoms with Gasteiger partial charge in [0.05, 0.1) is 13.2 Å². The molecule has 0 heterocycles. The predicted molar refractivity (Wildman–Crippen MR) is 58.3 cm³/mol. The molecular weight excluding hydrogens is 210 g/mol. The Morgan fingerprint density at radius 2 is 2.19 bits per heavy atom. The van der Waals surface area contributed by atoms with Crippen LogP contribution in [0.4, 0.5) is 0 Å². The SMILES string of the molecule is COc1cc(C(C)O)ccc1OCC(N)=O. The van der Waals surface area contributed by atoms with Crippen LogP contribution in [0, 0.1) is 0 Å². The molecule has 5 nitrogen and oxygen atoms in total. The van der Waals surface area contributed by atoms with E-state index < -0.39 is 12.0 Å². The first-order valence-electron chi connectivity index (χ1n) is 4.81. The molecular formula is C11H15NO4. The van der Waals surface area contributed by atoms with Gasteiger partial charge < -0.3 is 20.3 Å². The van der Waals surface area contributed by atoms with Crippen molar-refractivity contribution in [2.24, 2.45) is 5.73 Å². The minimum absolute atomic E-state index is 0.204. The highest BCUT2D eigenvalue weighted by Crippen LogP contribution is 2.30. The highest BCUT2D eigenvalue weighted by Gasteiger charge is 2.09. The summed E-state index contributed by atoms with van der Waals surface area (Å²) in [5.41, 5.74) is 5.68. The van der Waals surface area contributed by atoms with E-state index in [2.05, 4.69) is 0 Å². The van der Waals surface area contributed by atoms with Gasteiger partial charge in [0.15, 0.2) is 18.1 Å². The van der Waals surface area contributed by atoms with Crippen molar-refractivity contribution in [3.63, 3.8) is 0 Å². The van der Waals surface area contributed by atoms with Crippen LogP contribution in [0.1, 0.15) is 18.6 Å². The van der Waals surface area contributed by atoms with Crippen molar-refractivity contribution in [1.29, 1.82) is 0 Å². The molecule has 1 aromatic rings. The van der Waals surface area contributed by atoms with Crippen LogP contribution < -0.4 is 15.2 Å². The molecule has 1 amide bonds. The number of hydrogen-bond donors (Lipinski definition) is 2. The molecule has 16 heavy (non-hydrogen) atoms. The summed E-state index contributed by atoms with van der Waals surface area (Å²) in [6.45, 7) is 1.45. The van der Waals surface area contributed by atoms with Gasteiger partial charge >= 0.3 is 0 Å². The Bertz CT molecular complexity index is 376. The second kappa shape index (κ2) is 5.37. The van der Waals surface area contributed by atoms with Gasteiger partial charge in [0.2, 0.25) is 0 Å². The smallest absolute Gasteiger partial charge is 0.255 e. The quantitative estimate of drug-likeness (QED) is 0.769. The van der Waals surface area contributed by atoms with E-state index in [0.717, 1.165) is 0 Å². The molecule has 88 valence electrons. The number of ether oxygens (including phenoxy) is 2. The molecule has 0 radical (unpaired) electrons. The average molecular weight is 225 g/mol. The Kier molecular flexibility index (Phi) is 4.13. The molecule has 1 rings (SSSR count). The summed E-state index contributed by atoms with van der Waals surface area (Å²) >= 11 is 0. The molecule has 0 fully saturated rings. The van der Waals surface area contributed by atoms with Crippen LogP contribution in [0.15, 0.2) is 18.2 Å². The number of amides is 1. The Morgan fingerprint density at radius 1 is 1.50 bits per heavy atom. The van der Waals surface area contributed by atoms with Gasteiger partial charge in [-0.05, 0) is 24.6 Å². The lowest BCUT2D eigenvalue weighted by molar-refractivity contribution is -0.119. The zero-order valence-electron chi connectivity index (χ0n) is 9.27. The first-order valence-corrected chi connectivity index (χ1v) is 4.81. The van der Waals surface area contributed by atoms with Crippen molar-refractivity contribution in [2.45, 2.75) is 13.0 Å². The van der Waals surface area contributed by atoms with E-state index in [1.807, 2.05) is 0 Å². The van der Waals surface area contributed by atoms with Crippen LogP contribution in [0.2, 0.25) is 0 Å². The molecule has 0 aliphatic rings. The van der Waals surface area contributed by atoms with E-state index in [4.69, 9.17) is 15.2 Å². The number of primary amides is 1. The first kappa shape index (κ1) is 12.3. The standard InChI is InChI=1S/C11H15NO4/c1-7(13)8-3-4-9(10(5-8)15-2)16-6-11(12)14/h3-5,7,13H,6H2,1-2H3,(H2,12,14). The van der Waals surface area contributed by atoms with Crippen molar-refractivity contribution in [3.05, 3.63) is 23.8 Å². The van der Waals surface area contributed by atoms with Gasteiger partial charge in [-0.1, -0.05) is 6.07 Å². The predicted octanol–water partition coefficient (Wildman–Crippen LogP) is 0.613. The summed E-state index contributed by atoms with van der Waals surface area (Å²) in [6, 6.07) is 4.98. The normalized spacial score (nSPS) is 11.9. The zero-order chi connectivity index (χ0) is 12.1. The van der Waals surface area contributed by atoms with Crippen LogP contribution in [-0.4, -0.2) is 24.7 Å². The molecule has 0 aromatic heterocycles. The summed E-state index contributed by atoms with van der Waals surface area (Å²) in [7, 11) is 1.48. The fraction of sp³-hybridized carbons (Fsp3) is 0.364. The average Bonchev–Trinajstić information content (AvgIpc) is 2.25. The fourth-order valence-electron chi connectivity index (χ4n) is 1.21. The number of carbonyl (C=O) groups is 1. The Morgan fingerprint density at radius 3 is 2.69 bits per heavy atom. The molecule has 0 spiro atoms.